The second-order valence-electron chi connectivity index (χ2n) is 5.55. The number of fused-ring (bicyclic) bond motifs is 1. The van der Waals surface area contributed by atoms with Crippen LogP contribution in [0.2, 0.25) is 0 Å². The van der Waals surface area contributed by atoms with Gasteiger partial charge in [0.15, 0.2) is 5.96 Å². The Morgan fingerprint density at radius 3 is 2.83 bits per heavy atom. The minimum absolute atomic E-state index is 0. The third kappa shape index (κ3) is 6.01. The fourth-order valence-electron chi connectivity index (χ4n) is 2.57. The van der Waals surface area contributed by atoms with Gasteiger partial charge >= 0.3 is 0 Å². The predicted molar refractivity (Wildman–Crippen MR) is 109 cm³/mol. The molecule has 0 atom stereocenters. The van der Waals surface area contributed by atoms with Crippen molar-refractivity contribution >= 4 is 41.0 Å². The van der Waals surface area contributed by atoms with E-state index in [1.807, 2.05) is 25.1 Å². The third-order valence-corrected chi connectivity index (χ3v) is 3.78. The molecule has 3 N–H and O–H groups in total. The van der Waals surface area contributed by atoms with Crippen LogP contribution in [-0.4, -0.2) is 28.6 Å². The summed E-state index contributed by atoms with van der Waals surface area (Å²) in [6.45, 7) is 6.64. The molecule has 0 aliphatic rings. The summed E-state index contributed by atoms with van der Waals surface area (Å²) >= 11 is 0. The number of nitrogens with zero attached hydrogens (tertiary/aromatic N) is 3. The molecule has 0 saturated heterocycles. The standard InChI is InChI=1S/C17H27N5.HI/c1-3-4-5-8-11-19-17(18)20-12-13-22-14(2)21-15-9-6-7-10-16(15)22;/h6-7,9-10H,3-5,8,11-13H2,1-2H3,(H3,18,19,20);1H. The van der Waals surface area contributed by atoms with Gasteiger partial charge in [-0.3, -0.25) is 4.99 Å². The number of hydrogen-bond acceptors (Lipinski definition) is 2. The van der Waals surface area contributed by atoms with Crippen molar-refractivity contribution in [3.63, 3.8) is 0 Å². The van der Waals surface area contributed by atoms with Crippen LogP contribution < -0.4 is 11.1 Å². The molecule has 0 saturated carbocycles. The quantitative estimate of drug-likeness (QED) is 0.292. The van der Waals surface area contributed by atoms with Gasteiger partial charge in [-0.25, -0.2) is 4.98 Å². The van der Waals surface area contributed by atoms with E-state index >= 15 is 0 Å². The Bertz CT molecular complexity index is 620. The van der Waals surface area contributed by atoms with E-state index in [0.29, 0.717) is 5.96 Å². The number of nitrogens with two attached hydrogens (primary N) is 1. The van der Waals surface area contributed by atoms with Gasteiger partial charge in [0.25, 0.3) is 0 Å². The number of nitrogens with one attached hydrogen (secondary N) is 1. The molecule has 1 aromatic heterocycles. The number of imidazole rings is 1. The summed E-state index contributed by atoms with van der Waals surface area (Å²) in [5.41, 5.74) is 8.10. The van der Waals surface area contributed by atoms with Crippen LogP contribution in [0.3, 0.4) is 0 Å². The van der Waals surface area contributed by atoms with Crippen molar-refractivity contribution in [3.8, 4) is 0 Å². The second kappa shape index (κ2) is 10.5. The lowest BCUT2D eigenvalue weighted by molar-refractivity contribution is 0.659. The van der Waals surface area contributed by atoms with Gasteiger partial charge in [0.05, 0.1) is 11.0 Å². The van der Waals surface area contributed by atoms with Gasteiger partial charge in [-0.1, -0.05) is 38.3 Å². The highest BCUT2D eigenvalue weighted by Gasteiger charge is 2.05. The maximum Gasteiger partial charge on any atom is 0.188 e. The summed E-state index contributed by atoms with van der Waals surface area (Å²) in [7, 11) is 0. The molecule has 1 aromatic carbocycles. The highest BCUT2D eigenvalue weighted by Crippen LogP contribution is 2.14. The number of aromatic nitrogens is 2. The lowest BCUT2D eigenvalue weighted by Gasteiger charge is -2.09. The van der Waals surface area contributed by atoms with Crippen molar-refractivity contribution < 1.29 is 0 Å². The fourth-order valence-corrected chi connectivity index (χ4v) is 2.57. The summed E-state index contributed by atoms with van der Waals surface area (Å²) < 4.78 is 2.21. The molecule has 2 aromatic rings. The average Bonchev–Trinajstić information content (AvgIpc) is 2.83. The summed E-state index contributed by atoms with van der Waals surface area (Å²) in [5.74, 6) is 1.57. The molecule has 0 amide bonds. The number of guanidine groups is 1. The smallest absolute Gasteiger partial charge is 0.188 e. The lowest BCUT2D eigenvalue weighted by atomic mass is 10.2. The zero-order valence-electron chi connectivity index (χ0n) is 14.1. The number of para-hydroxylation sites is 2. The van der Waals surface area contributed by atoms with Crippen molar-refractivity contribution in [1.29, 1.82) is 0 Å². The normalized spacial score (nSPS) is 11.5. The minimum atomic E-state index is 0. The SMILES string of the molecule is CCCCCCN=C(N)NCCn1c(C)nc2ccccc21.I. The Hall–Kier alpha value is -1.31. The van der Waals surface area contributed by atoms with Crippen molar-refractivity contribution in [1.82, 2.24) is 14.9 Å². The lowest BCUT2D eigenvalue weighted by Crippen LogP contribution is -2.34. The van der Waals surface area contributed by atoms with Gasteiger partial charge < -0.3 is 15.6 Å². The number of halogens is 1. The number of unbranched alkanes of at least 4 members (excludes halogenated alkanes) is 3. The zero-order valence-corrected chi connectivity index (χ0v) is 16.4. The van der Waals surface area contributed by atoms with Crippen molar-refractivity contribution in [3.05, 3.63) is 30.1 Å². The first-order chi connectivity index (χ1) is 10.7. The van der Waals surface area contributed by atoms with Gasteiger partial charge in [-0.15, -0.1) is 24.0 Å². The Morgan fingerprint density at radius 1 is 1.26 bits per heavy atom. The topological polar surface area (TPSA) is 68.2 Å². The summed E-state index contributed by atoms with van der Waals surface area (Å²) in [6, 6.07) is 8.19. The molecule has 0 unspecified atom stereocenters. The summed E-state index contributed by atoms with van der Waals surface area (Å²) in [5, 5.41) is 3.18. The van der Waals surface area contributed by atoms with Crippen LogP contribution in [0.1, 0.15) is 38.4 Å². The van der Waals surface area contributed by atoms with Crippen molar-refractivity contribution in [2.75, 3.05) is 13.1 Å². The molecular formula is C17H28IN5. The van der Waals surface area contributed by atoms with Crippen LogP contribution in [0, 0.1) is 6.92 Å². The maximum absolute atomic E-state index is 5.89. The molecule has 0 bridgehead atoms. The van der Waals surface area contributed by atoms with E-state index in [-0.39, 0.29) is 24.0 Å². The molecule has 0 radical (unpaired) electrons. The molecule has 0 aliphatic heterocycles. The molecule has 5 nitrogen and oxygen atoms in total. The number of aliphatic imine (C=N–C) groups is 1. The molecular weight excluding hydrogens is 401 g/mol. The third-order valence-electron chi connectivity index (χ3n) is 3.78. The van der Waals surface area contributed by atoms with Crippen LogP contribution in [0.5, 0.6) is 0 Å². The molecule has 2 rings (SSSR count). The monoisotopic (exact) mass is 429 g/mol. The van der Waals surface area contributed by atoms with E-state index in [0.717, 1.165) is 42.9 Å². The van der Waals surface area contributed by atoms with Gasteiger partial charge in [0.1, 0.15) is 5.82 Å². The maximum atomic E-state index is 5.89. The van der Waals surface area contributed by atoms with Crippen LogP contribution in [0.25, 0.3) is 11.0 Å². The number of hydrogen-bond donors (Lipinski definition) is 2. The van der Waals surface area contributed by atoms with E-state index in [1.54, 1.807) is 0 Å². The minimum Gasteiger partial charge on any atom is -0.370 e. The predicted octanol–water partition coefficient (Wildman–Crippen LogP) is 3.45. The van der Waals surface area contributed by atoms with Crippen LogP contribution in [-0.2, 0) is 6.54 Å². The Balaban J connectivity index is 0.00000264. The highest BCUT2D eigenvalue weighted by atomic mass is 127. The Labute approximate surface area is 155 Å². The number of benzene rings is 1. The van der Waals surface area contributed by atoms with Gasteiger partial charge in [-0.2, -0.15) is 0 Å². The second-order valence-corrected chi connectivity index (χ2v) is 5.55. The fraction of sp³-hybridized carbons (Fsp3) is 0.529. The van der Waals surface area contributed by atoms with Crippen molar-refractivity contribution in [2.24, 2.45) is 10.7 Å². The van der Waals surface area contributed by atoms with Gasteiger partial charge in [0, 0.05) is 19.6 Å². The summed E-state index contributed by atoms with van der Waals surface area (Å²) in [4.78, 5) is 8.92. The molecule has 128 valence electrons. The van der Waals surface area contributed by atoms with Gasteiger partial charge in [-0.05, 0) is 25.5 Å². The molecule has 0 spiro atoms. The average molecular weight is 429 g/mol. The van der Waals surface area contributed by atoms with E-state index in [2.05, 4.69) is 32.9 Å². The van der Waals surface area contributed by atoms with E-state index in [1.165, 1.54) is 19.3 Å². The van der Waals surface area contributed by atoms with Gasteiger partial charge in [0.2, 0.25) is 0 Å². The Morgan fingerprint density at radius 2 is 2.04 bits per heavy atom. The largest absolute Gasteiger partial charge is 0.370 e. The molecule has 6 heteroatoms. The van der Waals surface area contributed by atoms with Crippen molar-refractivity contribution in [2.45, 2.75) is 46.1 Å². The first kappa shape index (κ1) is 19.7. The van der Waals surface area contributed by atoms with E-state index in [4.69, 9.17) is 5.73 Å². The molecule has 1 heterocycles. The van der Waals surface area contributed by atoms with E-state index < -0.39 is 0 Å². The molecule has 0 aliphatic carbocycles. The van der Waals surface area contributed by atoms with Crippen LogP contribution >= 0.6 is 24.0 Å². The molecule has 0 fully saturated rings. The first-order valence-electron chi connectivity index (χ1n) is 8.18. The van der Waals surface area contributed by atoms with Crippen LogP contribution in [0.15, 0.2) is 29.3 Å². The number of rotatable bonds is 8. The molecule has 23 heavy (non-hydrogen) atoms. The Kier molecular flexibility index (Phi) is 8.98. The van der Waals surface area contributed by atoms with Crippen LogP contribution in [0.4, 0.5) is 0 Å². The first-order valence-corrected chi connectivity index (χ1v) is 8.18. The zero-order chi connectivity index (χ0) is 15.8. The number of aryl methyl sites for hydroxylation is 1. The summed E-state index contributed by atoms with van der Waals surface area (Å²) in [6.07, 6.45) is 4.86. The highest BCUT2D eigenvalue weighted by molar-refractivity contribution is 14.0. The van der Waals surface area contributed by atoms with E-state index in [9.17, 15) is 0 Å².